The number of anilines is 1. The molecule has 2 aliphatic rings. The van der Waals surface area contributed by atoms with E-state index in [2.05, 4.69) is 40.2 Å². The summed E-state index contributed by atoms with van der Waals surface area (Å²) in [6.45, 7) is 5.89. The molecule has 4 rings (SSSR count). The molecule has 0 atom stereocenters. The Kier molecular flexibility index (Phi) is 8.94. The first-order chi connectivity index (χ1) is 17.4. The highest BCUT2D eigenvalue weighted by Gasteiger charge is 2.29. The molecule has 1 amide bonds. The Morgan fingerprint density at radius 2 is 1.75 bits per heavy atom. The standard InChI is InChI=1S/C29H40N4O3/c1-21(2)19-33(20-26(34)35)28(36)25-18-30-29(31-27(25)24-11-7-4-8-12-24)32-15-13-23(14-16-32)17-22-9-5-3-6-10-22/h3,5-6,9-10,18,21,23-24H,4,7-8,11-17,19-20H2,1-2H3,(H,34,35). The van der Waals surface area contributed by atoms with Crippen LogP contribution in [-0.4, -0.2) is 58.0 Å². The van der Waals surface area contributed by atoms with Crippen molar-refractivity contribution in [2.75, 3.05) is 31.1 Å². The summed E-state index contributed by atoms with van der Waals surface area (Å²) in [7, 11) is 0. The first kappa shape index (κ1) is 26.1. The van der Waals surface area contributed by atoms with Crippen molar-refractivity contribution in [3.05, 3.63) is 53.3 Å². The topological polar surface area (TPSA) is 86.6 Å². The molecule has 1 aromatic heterocycles. The minimum Gasteiger partial charge on any atom is -0.480 e. The van der Waals surface area contributed by atoms with Gasteiger partial charge in [-0.25, -0.2) is 9.97 Å². The molecule has 0 spiro atoms. The Morgan fingerprint density at radius 3 is 2.39 bits per heavy atom. The van der Waals surface area contributed by atoms with E-state index in [1.165, 1.54) is 16.9 Å². The summed E-state index contributed by atoms with van der Waals surface area (Å²) in [5.41, 5.74) is 2.68. The highest BCUT2D eigenvalue weighted by molar-refractivity contribution is 5.96. The normalized spacial score (nSPS) is 17.4. The molecule has 1 aliphatic carbocycles. The van der Waals surface area contributed by atoms with Gasteiger partial charge < -0.3 is 14.9 Å². The highest BCUT2D eigenvalue weighted by Crippen LogP contribution is 2.35. The van der Waals surface area contributed by atoms with Crippen molar-refractivity contribution in [2.45, 2.75) is 71.1 Å². The van der Waals surface area contributed by atoms with Crippen molar-refractivity contribution in [3.63, 3.8) is 0 Å². The van der Waals surface area contributed by atoms with Gasteiger partial charge in [-0.2, -0.15) is 0 Å². The second-order valence-electron chi connectivity index (χ2n) is 10.9. The van der Waals surface area contributed by atoms with Crippen LogP contribution in [-0.2, 0) is 11.2 Å². The molecule has 1 saturated carbocycles. The maximum atomic E-state index is 13.6. The van der Waals surface area contributed by atoms with Crippen LogP contribution in [0.1, 0.15) is 86.3 Å². The molecule has 1 aromatic carbocycles. The number of aliphatic carboxylic acids is 1. The summed E-state index contributed by atoms with van der Waals surface area (Å²) >= 11 is 0. The van der Waals surface area contributed by atoms with Crippen molar-refractivity contribution >= 4 is 17.8 Å². The molecule has 0 radical (unpaired) electrons. The third-order valence-corrected chi connectivity index (χ3v) is 7.49. The summed E-state index contributed by atoms with van der Waals surface area (Å²) < 4.78 is 0. The fourth-order valence-electron chi connectivity index (χ4n) is 5.67. The Bertz CT molecular complexity index is 1010. The van der Waals surface area contributed by atoms with Gasteiger partial charge >= 0.3 is 5.97 Å². The van der Waals surface area contributed by atoms with Gasteiger partial charge in [0.1, 0.15) is 6.54 Å². The van der Waals surface area contributed by atoms with Crippen LogP contribution in [0.15, 0.2) is 36.5 Å². The third-order valence-electron chi connectivity index (χ3n) is 7.49. The van der Waals surface area contributed by atoms with Crippen LogP contribution in [0.25, 0.3) is 0 Å². The summed E-state index contributed by atoms with van der Waals surface area (Å²) in [5, 5.41) is 9.41. The molecule has 2 aromatic rings. The van der Waals surface area contributed by atoms with E-state index >= 15 is 0 Å². The van der Waals surface area contributed by atoms with Crippen LogP contribution in [0.5, 0.6) is 0 Å². The maximum absolute atomic E-state index is 13.6. The number of carbonyl (C=O) groups is 2. The number of hydrogen-bond donors (Lipinski definition) is 1. The smallest absolute Gasteiger partial charge is 0.323 e. The van der Waals surface area contributed by atoms with Gasteiger partial charge in [0.05, 0.1) is 11.3 Å². The molecule has 36 heavy (non-hydrogen) atoms. The van der Waals surface area contributed by atoms with Crippen molar-refractivity contribution in [1.29, 1.82) is 0 Å². The maximum Gasteiger partial charge on any atom is 0.323 e. The lowest BCUT2D eigenvalue weighted by Gasteiger charge is -2.33. The number of carboxylic acids is 1. The summed E-state index contributed by atoms with van der Waals surface area (Å²) in [4.78, 5) is 38.4. The van der Waals surface area contributed by atoms with Crippen molar-refractivity contribution in [2.24, 2.45) is 11.8 Å². The predicted molar refractivity (Wildman–Crippen MR) is 141 cm³/mol. The SMILES string of the molecule is CC(C)CN(CC(=O)O)C(=O)c1cnc(N2CCC(Cc3ccccc3)CC2)nc1C1CCCCC1. The summed E-state index contributed by atoms with van der Waals surface area (Å²) in [6.07, 6.45) is 10.5. The minimum atomic E-state index is -1.00. The van der Waals surface area contributed by atoms with E-state index in [0.29, 0.717) is 24.0 Å². The van der Waals surface area contributed by atoms with E-state index < -0.39 is 5.97 Å². The fraction of sp³-hybridized carbons (Fsp3) is 0.586. The molecule has 0 bridgehead atoms. The molecule has 2 heterocycles. The summed E-state index contributed by atoms with van der Waals surface area (Å²) in [6, 6.07) is 10.7. The number of aromatic nitrogens is 2. The van der Waals surface area contributed by atoms with Gasteiger partial charge in [-0.15, -0.1) is 0 Å². The molecule has 7 nitrogen and oxygen atoms in total. The van der Waals surface area contributed by atoms with Gasteiger partial charge in [-0.05, 0) is 49.5 Å². The molecule has 194 valence electrons. The molecule has 1 saturated heterocycles. The number of rotatable bonds is 9. The van der Waals surface area contributed by atoms with E-state index in [0.717, 1.165) is 63.7 Å². The number of benzene rings is 1. The lowest BCUT2D eigenvalue weighted by molar-refractivity contribution is -0.137. The zero-order valence-electron chi connectivity index (χ0n) is 21.7. The quantitative estimate of drug-likeness (QED) is 0.520. The van der Waals surface area contributed by atoms with Crippen LogP contribution >= 0.6 is 0 Å². The average Bonchev–Trinajstić information content (AvgIpc) is 2.88. The summed E-state index contributed by atoms with van der Waals surface area (Å²) in [5.74, 6) is 0.491. The van der Waals surface area contributed by atoms with E-state index in [1.807, 2.05) is 13.8 Å². The molecule has 7 heteroatoms. The van der Waals surface area contributed by atoms with Gasteiger partial charge in [0, 0.05) is 31.7 Å². The number of hydrogen-bond acceptors (Lipinski definition) is 5. The molecule has 1 N–H and O–H groups in total. The lowest BCUT2D eigenvalue weighted by atomic mass is 9.85. The van der Waals surface area contributed by atoms with E-state index in [-0.39, 0.29) is 24.3 Å². The average molecular weight is 493 g/mol. The van der Waals surface area contributed by atoms with Crippen molar-refractivity contribution < 1.29 is 14.7 Å². The highest BCUT2D eigenvalue weighted by atomic mass is 16.4. The van der Waals surface area contributed by atoms with E-state index in [4.69, 9.17) is 4.98 Å². The molecule has 2 fully saturated rings. The second kappa shape index (κ2) is 12.3. The lowest BCUT2D eigenvalue weighted by Crippen LogP contribution is -2.39. The molecular weight excluding hydrogens is 452 g/mol. The molecular formula is C29H40N4O3. The Labute approximate surface area is 214 Å². The van der Waals surface area contributed by atoms with Crippen molar-refractivity contribution in [3.8, 4) is 0 Å². The van der Waals surface area contributed by atoms with E-state index in [9.17, 15) is 14.7 Å². The van der Waals surface area contributed by atoms with Crippen LogP contribution < -0.4 is 4.90 Å². The van der Waals surface area contributed by atoms with Gasteiger partial charge in [-0.3, -0.25) is 9.59 Å². The Balaban J connectivity index is 1.53. The monoisotopic (exact) mass is 492 g/mol. The predicted octanol–water partition coefficient (Wildman–Crippen LogP) is 5.17. The van der Waals surface area contributed by atoms with Gasteiger partial charge in [-0.1, -0.05) is 63.4 Å². The third kappa shape index (κ3) is 6.83. The zero-order valence-corrected chi connectivity index (χ0v) is 21.7. The minimum absolute atomic E-state index is 0.170. The number of carbonyl (C=O) groups excluding carboxylic acids is 1. The van der Waals surface area contributed by atoms with Crippen LogP contribution in [0.4, 0.5) is 5.95 Å². The van der Waals surface area contributed by atoms with E-state index in [1.54, 1.807) is 6.20 Å². The van der Waals surface area contributed by atoms with Gasteiger partial charge in [0.2, 0.25) is 5.95 Å². The Morgan fingerprint density at radius 1 is 1.06 bits per heavy atom. The number of amides is 1. The molecule has 1 aliphatic heterocycles. The van der Waals surface area contributed by atoms with Crippen LogP contribution in [0, 0.1) is 11.8 Å². The zero-order chi connectivity index (χ0) is 25.5. The Hall–Kier alpha value is -2.96. The number of piperidine rings is 1. The van der Waals surface area contributed by atoms with Gasteiger partial charge in [0.15, 0.2) is 0 Å². The van der Waals surface area contributed by atoms with Crippen LogP contribution in [0.2, 0.25) is 0 Å². The van der Waals surface area contributed by atoms with Crippen molar-refractivity contribution in [1.82, 2.24) is 14.9 Å². The first-order valence-corrected chi connectivity index (χ1v) is 13.6. The van der Waals surface area contributed by atoms with Gasteiger partial charge in [0.25, 0.3) is 5.91 Å². The fourth-order valence-corrected chi connectivity index (χ4v) is 5.67. The largest absolute Gasteiger partial charge is 0.480 e. The second-order valence-corrected chi connectivity index (χ2v) is 10.9. The number of nitrogens with zero attached hydrogens (tertiary/aromatic N) is 4. The first-order valence-electron chi connectivity index (χ1n) is 13.6. The van der Waals surface area contributed by atoms with Crippen LogP contribution in [0.3, 0.4) is 0 Å². The number of carboxylic acid groups (broad SMARTS) is 1. The molecule has 0 unspecified atom stereocenters.